The molecule has 0 spiro atoms. The van der Waals surface area contributed by atoms with Crippen LogP contribution in [-0.2, 0) is 0 Å². The number of piperidine rings is 1. The maximum atomic E-state index is 12.0. The molecular weight excluding hydrogens is 338 g/mol. The van der Waals surface area contributed by atoms with Crippen LogP contribution < -0.4 is 16.0 Å². The van der Waals surface area contributed by atoms with Crippen LogP contribution in [0.15, 0.2) is 35.3 Å². The fourth-order valence-electron chi connectivity index (χ4n) is 3.16. The fraction of sp³-hybridized carbons (Fsp3) is 0.619. The summed E-state index contributed by atoms with van der Waals surface area (Å²) in [6.45, 7) is 10.8. The Morgan fingerprint density at radius 3 is 2.52 bits per heavy atom. The summed E-state index contributed by atoms with van der Waals surface area (Å²) in [7, 11) is 0. The number of benzene rings is 1. The van der Waals surface area contributed by atoms with Crippen molar-refractivity contribution in [1.29, 1.82) is 0 Å². The van der Waals surface area contributed by atoms with Crippen molar-refractivity contribution in [2.45, 2.75) is 33.1 Å². The zero-order valence-electron chi connectivity index (χ0n) is 16.8. The normalized spacial score (nSPS) is 16.1. The molecule has 0 bridgehead atoms. The van der Waals surface area contributed by atoms with E-state index in [1.54, 1.807) is 0 Å². The van der Waals surface area contributed by atoms with Crippen LogP contribution in [0.1, 0.15) is 43.5 Å². The van der Waals surface area contributed by atoms with E-state index >= 15 is 0 Å². The Kier molecular flexibility index (Phi) is 9.69. The molecule has 1 fully saturated rings. The number of guanidine groups is 1. The van der Waals surface area contributed by atoms with Crippen molar-refractivity contribution in [3.63, 3.8) is 0 Å². The molecule has 27 heavy (non-hydrogen) atoms. The summed E-state index contributed by atoms with van der Waals surface area (Å²) in [6.07, 6.45) is 3.72. The summed E-state index contributed by atoms with van der Waals surface area (Å²) in [5.74, 6) is 1.65. The number of amides is 1. The average Bonchev–Trinajstić information content (AvgIpc) is 2.70. The molecule has 0 atom stereocenters. The predicted octanol–water partition coefficient (Wildman–Crippen LogP) is 2.09. The summed E-state index contributed by atoms with van der Waals surface area (Å²) in [4.78, 5) is 19.2. The standard InChI is InChI=1S/C21H35N5O/c1-3-22-21(24-12-7-15-26-16-10-18(2)11-17-26)25-14-13-23-20(27)19-8-5-4-6-9-19/h4-6,8-9,18H,3,7,10-17H2,1-2H3,(H,23,27)(H2,22,24,25). The van der Waals surface area contributed by atoms with Crippen molar-refractivity contribution in [1.82, 2.24) is 20.9 Å². The van der Waals surface area contributed by atoms with Crippen LogP contribution in [0.2, 0.25) is 0 Å². The minimum atomic E-state index is -0.0461. The Morgan fingerprint density at radius 2 is 1.81 bits per heavy atom. The van der Waals surface area contributed by atoms with Gasteiger partial charge in [0.15, 0.2) is 5.96 Å². The first-order valence-corrected chi connectivity index (χ1v) is 10.3. The summed E-state index contributed by atoms with van der Waals surface area (Å²) in [6, 6.07) is 9.28. The lowest BCUT2D eigenvalue weighted by Crippen LogP contribution is -2.41. The van der Waals surface area contributed by atoms with Crippen LogP contribution in [-0.4, -0.2) is 62.6 Å². The van der Waals surface area contributed by atoms with Gasteiger partial charge in [0.25, 0.3) is 5.91 Å². The van der Waals surface area contributed by atoms with Gasteiger partial charge in [-0.1, -0.05) is 25.1 Å². The highest BCUT2D eigenvalue weighted by Crippen LogP contribution is 2.15. The molecule has 1 heterocycles. The smallest absolute Gasteiger partial charge is 0.251 e. The summed E-state index contributed by atoms with van der Waals surface area (Å²) < 4.78 is 0. The maximum absolute atomic E-state index is 12.0. The first-order valence-electron chi connectivity index (χ1n) is 10.3. The first-order chi connectivity index (χ1) is 13.2. The highest BCUT2D eigenvalue weighted by Gasteiger charge is 2.14. The second-order valence-electron chi connectivity index (χ2n) is 7.19. The van der Waals surface area contributed by atoms with Gasteiger partial charge in [0, 0.05) is 31.7 Å². The molecule has 1 aliphatic rings. The Balaban J connectivity index is 1.62. The predicted molar refractivity (Wildman–Crippen MR) is 112 cm³/mol. The minimum absolute atomic E-state index is 0.0461. The third kappa shape index (κ3) is 8.43. The van der Waals surface area contributed by atoms with Gasteiger partial charge >= 0.3 is 0 Å². The van der Waals surface area contributed by atoms with Crippen molar-refractivity contribution < 1.29 is 4.79 Å². The van der Waals surface area contributed by atoms with E-state index in [4.69, 9.17) is 0 Å². The molecule has 1 aliphatic heterocycles. The molecule has 0 aliphatic carbocycles. The van der Waals surface area contributed by atoms with Crippen molar-refractivity contribution >= 4 is 11.9 Å². The molecule has 1 amide bonds. The van der Waals surface area contributed by atoms with Crippen LogP contribution in [0.3, 0.4) is 0 Å². The van der Waals surface area contributed by atoms with Crippen molar-refractivity contribution in [2.24, 2.45) is 10.9 Å². The quantitative estimate of drug-likeness (QED) is 0.352. The van der Waals surface area contributed by atoms with Gasteiger partial charge in [-0.15, -0.1) is 0 Å². The van der Waals surface area contributed by atoms with E-state index in [2.05, 4.69) is 39.7 Å². The van der Waals surface area contributed by atoms with Crippen LogP contribution in [0.25, 0.3) is 0 Å². The number of aliphatic imine (C=N–C) groups is 1. The highest BCUT2D eigenvalue weighted by molar-refractivity contribution is 5.94. The van der Waals surface area contributed by atoms with Crippen LogP contribution in [0, 0.1) is 5.92 Å². The molecule has 6 heteroatoms. The topological polar surface area (TPSA) is 68.8 Å². The minimum Gasteiger partial charge on any atom is -0.357 e. The van der Waals surface area contributed by atoms with E-state index in [0.29, 0.717) is 18.7 Å². The van der Waals surface area contributed by atoms with Crippen molar-refractivity contribution in [3.8, 4) is 0 Å². The molecule has 0 aromatic heterocycles. The molecule has 1 aromatic carbocycles. The summed E-state index contributed by atoms with van der Waals surface area (Å²) in [5.41, 5.74) is 0.685. The molecule has 2 rings (SSSR count). The van der Waals surface area contributed by atoms with E-state index in [0.717, 1.165) is 37.9 Å². The number of carbonyl (C=O) groups excluding carboxylic acids is 1. The molecule has 6 nitrogen and oxygen atoms in total. The number of likely N-dealkylation sites (tertiary alicyclic amines) is 1. The van der Waals surface area contributed by atoms with Gasteiger partial charge in [0.05, 0.1) is 0 Å². The number of rotatable bonds is 9. The van der Waals surface area contributed by atoms with Gasteiger partial charge in [0.2, 0.25) is 0 Å². The Labute approximate surface area is 163 Å². The largest absolute Gasteiger partial charge is 0.357 e. The third-order valence-corrected chi connectivity index (χ3v) is 4.86. The fourth-order valence-corrected chi connectivity index (χ4v) is 3.16. The van der Waals surface area contributed by atoms with E-state index in [1.807, 2.05) is 30.3 Å². The third-order valence-electron chi connectivity index (χ3n) is 4.86. The molecule has 0 unspecified atom stereocenters. The number of hydrogen-bond donors (Lipinski definition) is 3. The number of nitrogens with one attached hydrogen (secondary N) is 3. The van der Waals surface area contributed by atoms with Crippen molar-refractivity contribution in [3.05, 3.63) is 35.9 Å². The zero-order valence-corrected chi connectivity index (χ0v) is 16.8. The number of carbonyl (C=O) groups is 1. The number of hydrogen-bond acceptors (Lipinski definition) is 3. The molecule has 0 radical (unpaired) electrons. The Morgan fingerprint density at radius 1 is 1.11 bits per heavy atom. The molecule has 150 valence electrons. The van der Waals surface area contributed by atoms with E-state index < -0.39 is 0 Å². The lowest BCUT2D eigenvalue weighted by molar-refractivity contribution is 0.0954. The van der Waals surface area contributed by atoms with Gasteiger partial charge < -0.3 is 20.9 Å². The van der Waals surface area contributed by atoms with Gasteiger partial charge in [-0.05, 0) is 63.9 Å². The van der Waals surface area contributed by atoms with Gasteiger partial charge in [-0.2, -0.15) is 0 Å². The lowest BCUT2D eigenvalue weighted by atomic mass is 9.99. The van der Waals surface area contributed by atoms with Gasteiger partial charge in [-0.25, -0.2) is 0 Å². The zero-order chi connectivity index (χ0) is 19.3. The molecule has 3 N–H and O–H groups in total. The second-order valence-corrected chi connectivity index (χ2v) is 7.19. The van der Waals surface area contributed by atoms with Crippen LogP contribution >= 0.6 is 0 Å². The molecule has 1 aromatic rings. The van der Waals surface area contributed by atoms with Crippen molar-refractivity contribution in [2.75, 3.05) is 45.8 Å². The highest BCUT2D eigenvalue weighted by atomic mass is 16.1. The number of nitrogens with zero attached hydrogens (tertiary/aromatic N) is 2. The SMILES string of the molecule is CCNC(=NCCCN1CCC(C)CC1)NCCNC(=O)c1ccccc1. The van der Waals surface area contributed by atoms with Gasteiger partial charge in [-0.3, -0.25) is 9.79 Å². The van der Waals surface area contributed by atoms with Crippen LogP contribution in [0.5, 0.6) is 0 Å². The molecular formula is C21H35N5O. The summed E-state index contributed by atoms with van der Waals surface area (Å²) >= 11 is 0. The first kappa shape index (κ1) is 21.2. The molecule has 0 saturated carbocycles. The lowest BCUT2D eigenvalue weighted by Gasteiger charge is -2.29. The van der Waals surface area contributed by atoms with E-state index in [-0.39, 0.29) is 5.91 Å². The van der Waals surface area contributed by atoms with Gasteiger partial charge in [0.1, 0.15) is 0 Å². The molecule has 1 saturated heterocycles. The Bertz CT molecular complexity index is 567. The van der Waals surface area contributed by atoms with E-state index in [1.165, 1.54) is 25.9 Å². The van der Waals surface area contributed by atoms with Crippen LogP contribution in [0.4, 0.5) is 0 Å². The summed E-state index contributed by atoms with van der Waals surface area (Å²) in [5, 5.41) is 9.46. The second kappa shape index (κ2) is 12.3. The Hall–Kier alpha value is -2.08. The average molecular weight is 374 g/mol. The monoisotopic (exact) mass is 373 g/mol. The van der Waals surface area contributed by atoms with E-state index in [9.17, 15) is 4.79 Å². The maximum Gasteiger partial charge on any atom is 0.251 e.